The molecule has 0 fully saturated rings. The van der Waals surface area contributed by atoms with Crippen LogP contribution in [-0.4, -0.2) is 53.6 Å². The van der Waals surface area contributed by atoms with Crippen molar-refractivity contribution in [3.63, 3.8) is 0 Å². The molecular formula is C24H36ClN3O4S. The molecule has 0 heterocycles. The second kappa shape index (κ2) is 15.0. The van der Waals surface area contributed by atoms with Gasteiger partial charge in [0.05, 0.1) is 36.9 Å². The monoisotopic (exact) mass is 497 g/mol. The Bertz CT molecular complexity index is 910. The highest BCUT2D eigenvalue weighted by molar-refractivity contribution is 7.92. The Balaban J connectivity index is 2.07. The van der Waals surface area contributed by atoms with Crippen molar-refractivity contribution >= 4 is 33.0 Å². The third kappa shape index (κ3) is 9.80. The first-order valence-corrected chi connectivity index (χ1v) is 13.5. The van der Waals surface area contributed by atoms with E-state index in [1.807, 2.05) is 36.4 Å². The largest absolute Gasteiger partial charge is 0.492 e. The molecule has 0 aliphatic rings. The van der Waals surface area contributed by atoms with Crippen molar-refractivity contribution in [2.75, 3.05) is 54.8 Å². The molecule has 7 nitrogen and oxygen atoms in total. The van der Waals surface area contributed by atoms with Crippen LogP contribution in [0.3, 0.4) is 0 Å². The Morgan fingerprint density at radius 1 is 1.00 bits per heavy atom. The molecule has 33 heavy (non-hydrogen) atoms. The SMILES string of the molecule is CCCCCCS(=O)(=O)N(CCOCCN)c1ccccc1NCCOc1ccc(Cl)cc1. The van der Waals surface area contributed by atoms with Crippen LogP contribution in [0.25, 0.3) is 0 Å². The molecule has 0 unspecified atom stereocenters. The number of nitrogens with one attached hydrogen (secondary N) is 1. The van der Waals surface area contributed by atoms with E-state index in [4.69, 9.17) is 26.8 Å². The lowest BCUT2D eigenvalue weighted by Crippen LogP contribution is -2.36. The van der Waals surface area contributed by atoms with Crippen molar-refractivity contribution in [1.82, 2.24) is 0 Å². The summed E-state index contributed by atoms with van der Waals surface area (Å²) < 4.78 is 39.1. The van der Waals surface area contributed by atoms with E-state index in [-0.39, 0.29) is 18.9 Å². The fourth-order valence-corrected chi connectivity index (χ4v) is 5.02. The molecule has 184 valence electrons. The Morgan fingerprint density at radius 2 is 1.76 bits per heavy atom. The van der Waals surface area contributed by atoms with Crippen LogP contribution in [0.4, 0.5) is 11.4 Å². The average Bonchev–Trinajstić information content (AvgIpc) is 2.81. The number of nitrogens with two attached hydrogens (primary N) is 1. The van der Waals surface area contributed by atoms with Gasteiger partial charge in [-0.3, -0.25) is 4.31 Å². The fraction of sp³-hybridized carbons (Fsp3) is 0.500. The Kier molecular flexibility index (Phi) is 12.4. The Morgan fingerprint density at radius 3 is 2.48 bits per heavy atom. The van der Waals surface area contributed by atoms with Crippen molar-refractivity contribution < 1.29 is 17.9 Å². The van der Waals surface area contributed by atoms with E-state index in [1.54, 1.807) is 12.1 Å². The van der Waals surface area contributed by atoms with Crippen LogP contribution >= 0.6 is 11.6 Å². The van der Waals surface area contributed by atoms with E-state index >= 15 is 0 Å². The van der Waals surface area contributed by atoms with E-state index < -0.39 is 10.0 Å². The molecule has 0 bridgehead atoms. The zero-order valence-corrected chi connectivity index (χ0v) is 20.9. The molecule has 0 radical (unpaired) electrons. The third-order valence-electron chi connectivity index (χ3n) is 4.97. The van der Waals surface area contributed by atoms with Crippen molar-refractivity contribution in [2.24, 2.45) is 5.73 Å². The van der Waals surface area contributed by atoms with Gasteiger partial charge in [0.2, 0.25) is 10.0 Å². The van der Waals surface area contributed by atoms with Crippen molar-refractivity contribution in [1.29, 1.82) is 0 Å². The molecule has 0 aromatic heterocycles. The maximum Gasteiger partial charge on any atom is 0.235 e. The van der Waals surface area contributed by atoms with E-state index in [9.17, 15) is 8.42 Å². The maximum absolute atomic E-state index is 13.2. The number of nitrogens with zero attached hydrogens (tertiary/aromatic N) is 1. The van der Waals surface area contributed by atoms with Crippen molar-refractivity contribution in [2.45, 2.75) is 32.6 Å². The third-order valence-corrected chi connectivity index (χ3v) is 7.07. The summed E-state index contributed by atoms with van der Waals surface area (Å²) in [7, 11) is -3.50. The lowest BCUT2D eigenvalue weighted by Gasteiger charge is -2.27. The minimum absolute atomic E-state index is 0.109. The quantitative estimate of drug-likeness (QED) is 0.312. The van der Waals surface area contributed by atoms with E-state index in [1.165, 1.54) is 4.31 Å². The van der Waals surface area contributed by atoms with Crippen LogP contribution in [0.15, 0.2) is 48.5 Å². The number of sulfonamides is 1. The summed E-state index contributed by atoms with van der Waals surface area (Å²) in [5.41, 5.74) is 6.83. The summed E-state index contributed by atoms with van der Waals surface area (Å²) in [6, 6.07) is 14.6. The second-order valence-electron chi connectivity index (χ2n) is 7.60. The summed E-state index contributed by atoms with van der Waals surface area (Å²) in [6.45, 7) is 4.33. The molecule has 9 heteroatoms. The smallest absolute Gasteiger partial charge is 0.235 e. The fourth-order valence-electron chi connectivity index (χ4n) is 3.29. The first-order valence-electron chi connectivity index (χ1n) is 11.5. The van der Waals surface area contributed by atoms with Gasteiger partial charge in [-0.25, -0.2) is 8.42 Å². The van der Waals surface area contributed by atoms with Crippen LogP contribution in [-0.2, 0) is 14.8 Å². The molecule has 2 aromatic rings. The molecule has 0 atom stereocenters. The first kappa shape index (κ1) is 27.2. The second-order valence-corrected chi connectivity index (χ2v) is 10.0. The molecule has 0 saturated heterocycles. The summed E-state index contributed by atoms with van der Waals surface area (Å²) in [6.07, 6.45) is 3.62. The zero-order chi connectivity index (χ0) is 23.9. The normalized spacial score (nSPS) is 11.4. The minimum atomic E-state index is -3.50. The number of benzene rings is 2. The number of rotatable bonds is 17. The van der Waals surface area contributed by atoms with Gasteiger partial charge in [-0.15, -0.1) is 0 Å². The predicted molar refractivity (Wildman–Crippen MR) is 137 cm³/mol. The van der Waals surface area contributed by atoms with Crippen LogP contribution in [0.5, 0.6) is 5.75 Å². The van der Waals surface area contributed by atoms with Gasteiger partial charge in [0.25, 0.3) is 0 Å². The number of unbranched alkanes of at least 4 members (excludes halogenated alkanes) is 3. The molecule has 0 aliphatic carbocycles. The van der Waals surface area contributed by atoms with Gasteiger partial charge in [-0.05, 0) is 42.8 Å². The van der Waals surface area contributed by atoms with Crippen molar-refractivity contribution in [3.8, 4) is 5.75 Å². The van der Waals surface area contributed by atoms with Gasteiger partial charge in [0.15, 0.2) is 0 Å². The molecule has 0 aliphatic heterocycles. The molecule has 3 N–H and O–H groups in total. The van der Waals surface area contributed by atoms with E-state index in [0.29, 0.717) is 43.4 Å². The lowest BCUT2D eigenvalue weighted by atomic mass is 10.2. The van der Waals surface area contributed by atoms with Crippen LogP contribution in [0.1, 0.15) is 32.6 Å². The summed E-state index contributed by atoms with van der Waals surface area (Å²) >= 11 is 5.90. The average molecular weight is 498 g/mol. The number of anilines is 2. The molecule has 0 amide bonds. The Hall–Kier alpha value is -2.00. The number of ether oxygens (including phenoxy) is 2. The Labute approximate surface area is 203 Å². The molecule has 2 aromatic carbocycles. The van der Waals surface area contributed by atoms with Gasteiger partial charge in [0, 0.05) is 18.1 Å². The highest BCUT2D eigenvalue weighted by Gasteiger charge is 2.24. The van der Waals surface area contributed by atoms with Crippen LogP contribution in [0.2, 0.25) is 5.02 Å². The van der Waals surface area contributed by atoms with Gasteiger partial charge in [-0.2, -0.15) is 0 Å². The summed E-state index contributed by atoms with van der Waals surface area (Å²) in [4.78, 5) is 0. The zero-order valence-electron chi connectivity index (χ0n) is 19.3. The standard InChI is InChI=1S/C24H36ClN3O4S/c1-2-3-4-7-20-33(29,30)28(16-19-31-17-14-26)24-9-6-5-8-23(24)27-15-18-32-22-12-10-21(25)11-13-22/h5-6,8-13,27H,2-4,7,14-20,26H2,1H3. The summed E-state index contributed by atoms with van der Waals surface area (Å²) in [5.74, 6) is 0.834. The van der Waals surface area contributed by atoms with E-state index in [0.717, 1.165) is 30.7 Å². The number of halogens is 1. The number of para-hydroxylation sites is 2. The van der Waals surface area contributed by atoms with Gasteiger partial charge in [-0.1, -0.05) is 49.9 Å². The highest BCUT2D eigenvalue weighted by atomic mass is 35.5. The van der Waals surface area contributed by atoms with Gasteiger partial charge >= 0.3 is 0 Å². The topological polar surface area (TPSA) is 93.9 Å². The molecule has 0 saturated carbocycles. The first-order chi connectivity index (χ1) is 16.0. The highest BCUT2D eigenvalue weighted by Crippen LogP contribution is 2.28. The number of hydrogen-bond donors (Lipinski definition) is 2. The van der Waals surface area contributed by atoms with Gasteiger partial charge < -0.3 is 20.5 Å². The molecule has 0 spiro atoms. The molecule has 2 rings (SSSR count). The summed E-state index contributed by atoms with van der Waals surface area (Å²) in [5, 5.41) is 3.96. The molecular weight excluding hydrogens is 462 g/mol. The van der Waals surface area contributed by atoms with Crippen LogP contribution in [0, 0.1) is 0 Å². The minimum Gasteiger partial charge on any atom is -0.492 e. The maximum atomic E-state index is 13.2. The van der Waals surface area contributed by atoms with Crippen molar-refractivity contribution in [3.05, 3.63) is 53.6 Å². The lowest BCUT2D eigenvalue weighted by molar-refractivity contribution is 0.150. The van der Waals surface area contributed by atoms with E-state index in [2.05, 4.69) is 12.2 Å². The number of hydrogen-bond acceptors (Lipinski definition) is 6. The predicted octanol–water partition coefficient (Wildman–Crippen LogP) is 4.52. The van der Waals surface area contributed by atoms with Crippen LogP contribution < -0.4 is 20.1 Å². The van der Waals surface area contributed by atoms with Gasteiger partial charge in [0.1, 0.15) is 12.4 Å².